The Balaban J connectivity index is 1.34. The lowest BCUT2D eigenvalue weighted by Gasteiger charge is -2.08. The van der Waals surface area contributed by atoms with Crippen LogP contribution in [0.3, 0.4) is 0 Å². The number of aromatic nitrogens is 3. The zero-order valence-corrected chi connectivity index (χ0v) is 18.0. The zero-order valence-electron chi connectivity index (χ0n) is 18.0. The van der Waals surface area contributed by atoms with Gasteiger partial charge in [0.15, 0.2) is 0 Å². The molecule has 2 aromatic heterocycles. The molecule has 0 atom stereocenters. The smallest absolute Gasteiger partial charge is 0.226 e. The van der Waals surface area contributed by atoms with Gasteiger partial charge in [0.1, 0.15) is 17.3 Å². The van der Waals surface area contributed by atoms with Gasteiger partial charge in [0, 0.05) is 18.5 Å². The van der Waals surface area contributed by atoms with Crippen molar-refractivity contribution in [3.8, 4) is 17.2 Å². The fraction of sp³-hybridized carbons (Fsp3) is 0.320. The first kappa shape index (κ1) is 20.8. The van der Waals surface area contributed by atoms with E-state index in [4.69, 9.17) is 9.15 Å². The summed E-state index contributed by atoms with van der Waals surface area (Å²) in [4.78, 5) is 15.8. The maximum Gasteiger partial charge on any atom is 0.226 e. The van der Waals surface area contributed by atoms with Crippen molar-refractivity contribution in [3.63, 3.8) is 0 Å². The van der Waals surface area contributed by atoms with Gasteiger partial charge in [0.25, 0.3) is 0 Å². The summed E-state index contributed by atoms with van der Waals surface area (Å²) in [7, 11) is 0. The predicted molar refractivity (Wildman–Crippen MR) is 120 cm³/mol. The highest BCUT2D eigenvalue weighted by atomic mass is 16.5. The largest absolute Gasteiger partial charge is 0.493 e. The van der Waals surface area contributed by atoms with Gasteiger partial charge in [0.2, 0.25) is 5.89 Å². The van der Waals surface area contributed by atoms with Gasteiger partial charge in [-0.15, -0.1) is 0 Å². The predicted octanol–water partition coefficient (Wildman–Crippen LogP) is 5.38. The average Bonchev–Trinajstić information content (AvgIpc) is 3.36. The molecule has 0 amide bonds. The van der Waals surface area contributed by atoms with Crippen LogP contribution in [0.5, 0.6) is 5.75 Å². The Kier molecular flexibility index (Phi) is 6.46. The van der Waals surface area contributed by atoms with Crippen LogP contribution in [0, 0.1) is 6.92 Å². The van der Waals surface area contributed by atoms with Crippen LogP contribution in [0.4, 0.5) is 0 Å². The highest BCUT2D eigenvalue weighted by Crippen LogP contribution is 2.26. The number of fused-ring (bicyclic) bond motifs is 1. The fourth-order valence-corrected chi connectivity index (χ4v) is 3.64. The van der Waals surface area contributed by atoms with Crippen LogP contribution in [-0.4, -0.2) is 27.2 Å². The third-order valence-corrected chi connectivity index (χ3v) is 5.28. The SMILES string of the molecule is CC(=O)CCCn1ncc2c(OCCCc3nc(-c4ccccc4)oc3C)cccc21. The zero-order chi connectivity index (χ0) is 21.6. The molecule has 0 bridgehead atoms. The second-order valence-electron chi connectivity index (χ2n) is 7.70. The number of hydrogen-bond donors (Lipinski definition) is 0. The second kappa shape index (κ2) is 9.60. The van der Waals surface area contributed by atoms with E-state index in [0.29, 0.717) is 18.9 Å². The van der Waals surface area contributed by atoms with Crippen molar-refractivity contribution >= 4 is 16.7 Å². The van der Waals surface area contributed by atoms with E-state index in [1.54, 1.807) is 6.92 Å². The van der Waals surface area contributed by atoms with E-state index in [0.717, 1.165) is 59.5 Å². The van der Waals surface area contributed by atoms with Gasteiger partial charge in [-0.3, -0.25) is 4.68 Å². The number of aryl methyl sites for hydroxylation is 3. The molecule has 0 aliphatic rings. The molecular weight excluding hydrogens is 390 g/mol. The quantitative estimate of drug-likeness (QED) is 0.324. The van der Waals surface area contributed by atoms with Crippen molar-refractivity contribution in [3.05, 3.63) is 66.2 Å². The summed E-state index contributed by atoms with van der Waals surface area (Å²) in [6.07, 6.45) is 4.84. The van der Waals surface area contributed by atoms with Crippen molar-refractivity contribution in [2.75, 3.05) is 6.61 Å². The molecule has 31 heavy (non-hydrogen) atoms. The molecule has 2 heterocycles. The van der Waals surface area contributed by atoms with Crippen molar-refractivity contribution in [2.45, 2.75) is 46.1 Å². The van der Waals surface area contributed by atoms with Crippen LogP contribution < -0.4 is 4.74 Å². The van der Waals surface area contributed by atoms with E-state index < -0.39 is 0 Å². The van der Waals surface area contributed by atoms with Gasteiger partial charge >= 0.3 is 0 Å². The molecule has 0 N–H and O–H groups in total. The van der Waals surface area contributed by atoms with Gasteiger partial charge < -0.3 is 13.9 Å². The second-order valence-corrected chi connectivity index (χ2v) is 7.70. The van der Waals surface area contributed by atoms with E-state index in [-0.39, 0.29) is 5.78 Å². The lowest BCUT2D eigenvalue weighted by atomic mass is 10.2. The third kappa shape index (κ3) is 5.02. The summed E-state index contributed by atoms with van der Waals surface area (Å²) in [5, 5.41) is 5.47. The summed E-state index contributed by atoms with van der Waals surface area (Å²) in [6.45, 7) is 4.89. The number of Topliss-reactive ketones (excluding diaryl/α,β-unsaturated/α-hetero) is 1. The van der Waals surface area contributed by atoms with Gasteiger partial charge in [0.05, 0.1) is 29.4 Å². The normalized spacial score (nSPS) is 11.2. The van der Waals surface area contributed by atoms with Crippen molar-refractivity contribution < 1.29 is 13.9 Å². The molecule has 0 unspecified atom stereocenters. The Morgan fingerprint density at radius 2 is 1.94 bits per heavy atom. The number of rotatable bonds is 10. The van der Waals surface area contributed by atoms with Crippen LogP contribution in [0.15, 0.2) is 59.1 Å². The average molecular weight is 418 g/mol. The highest BCUT2D eigenvalue weighted by Gasteiger charge is 2.12. The van der Waals surface area contributed by atoms with E-state index in [1.807, 2.05) is 66.3 Å². The molecule has 6 nitrogen and oxygen atoms in total. The minimum atomic E-state index is 0.207. The monoisotopic (exact) mass is 417 g/mol. The minimum absolute atomic E-state index is 0.207. The first-order chi connectivity index (χ1) is 15.1. The Morgan fingerprint density at radius 3 is 2.74 bits per heavy atom. The van der Waals surface area contributed by atoms with Crippen LogP contribution in [-0.2, 0) is 17.8 Å². The molecule has 4 rings (SSSR count). The first-order valence-electron chi connectivity index (χ1n) is 10.7. The van der Waals surface area contributed by atoms with E-state index in [1.165, 1.54) is 0 Å². The number of carbonyl (C=O) groups excluding carboxylic acids is 1. The molecule has 0 saturated carbocycles. The maximum absolute atomic E-state index is 11.2. The first-order valence-corrected chi connectivity index (χ1v) is 10.7. The van der Waals surface area contributed by atoms with E-state index in [2.05, 4.69) is 10.1 Å². The summed E-state index contributed by atoms with van der Waals surface area (Å²) >= 11 is 0. The van der Waals surface area contributed by atoms with Crippen LogP contribution in [0.1, 0.15) is 37.6 Å². The van der Waals surface area contributed by atoms with Crippen LogP contribution in [0.2, 0.25) is 0 Å². The van der Waals surface area contributed by atoms with Crippen LogP contribution >= 0.6 is 0 Å². The summed E-state index contributed by atoms with van der Waals surface area (Å²) in [5.41, 5.74) is 2.99. The van der Waals surface area contributed by atoms with Gasteiger partial charge in [-0.25, -0.2) is 4.98 Å². The van der Waals surface area contributed by atoms with Crippen molar-refractivity contribution in [1.29, 1.82) is 0 Å². The summed E-state index contributed by atoms with van der Waals surface area (Å²) in [5.74, 6) is 2.56. The Labute approximate surface area is 181 Å². The fourth-order valence-electron chi connectivity index (χ4n) is 3.64. The van der Waals surface area contributed by atoms with E-state index >= 15 is 0 Å². The number of ketones is 1. The summed E-state index contributed by atoms with van der Waals surface area (Å²) in [6, 6.07) is 15.9. The molecule has 0 aliphatic carbocycles. The molecule has 160 valence electrons. The molecular formula is C25H27N3O3. The maximum atomic E-state index is 11.2. The molecule has 0 spiro atoms. The van der Waals surface area contributed by atoms with E-state index in [9.17, 15) is 4.79 Å². The number of nitrogens with zero attached hydrogens (tertiary/aromatic N) is 3. The van der Waals surface area contributed by atoms with Crippen LogP contribution in [0.25, 0.3) is 22.4 Å². The summed E-state index contributed by atoms with van der Waals surface area (Å²) < 4.78 is 13.8. The molecule has 0 radical (unpaired) electrons. The highest BCUT2D eigenvalue weighted by molar-refractivity contribution is 5.85. The lowest BCUT2D eigenvalue weighted by molar-refractivity contribution is -0.117. The van der Waals surface area contributed by atoms with Gasteiger partial charge in [-0.05, 0) is 57.4 Å². The molecule has 0 saturated heterocycles. The number of hydrogen-bond acceptors (Lipinski definition) is 5. The number of carbonyl (C=O) groups is 1. The molecule has 4 aromatic rings. The third-order valence-electron chi connectivity index (χ3n) is 5.28. The number of benzene rings is 2. The van der Waals surface area contributed by atoms with Gasteiger partial charge in [-0.1, -0.05) is 24.3 Å². The molecule has 0 aliphatic heterocycles. The standard InChI is InChI=1S/C25H27N3O3/c1-18(29)9-7-15-28-23-13-6-14-24(21(23)17-26-28)30-16-8-12-22-19(2)31-25(27-22)20-10-4-3-5-11-20/h3-6,10-11,13-14,17H,7-9,12,15-16H2,1-2H3. The number of ether oxygens (including phenoxy) is 1. The minimum Gasteiger partial charge on any atom is -0.493 e. The Hall–Kier alpha value is -3.41. The van der Waals surface area contributed by atoms with Gasteiger partial charge in [-0.2, -0.15) is 5.10 Å². The number of oxazole rings is 1. The molecule has 6 heteroatoms. The Morgan fingerprint density at radius 1 is 1.10 bits per heavy atom. The Bertz CT molecular complexity index is 1160. The molecule has 2 aromatic carbocycles. The van der Waals surface area contributed by atoms with Crippen molar-refractivity contribution in [1.82, 2.24) is 14.8 Å². The lowest BCUT2D eigenvalue weighted by Crippen LogP contribution is -2.02. The van der Waals surface area contributed by atoms with Crippen molar-refractivity contribution in [2.24, 2.45) is 0 Å². The topological polar surface area (TPSA) is 70.2 Å². The molecule has 0 fully saturated rings.